The second kappa shape index (κ2) is 6.67. The van der Waals surface area contributed by atoms with Gasteiger partial charge in [0.2, 0.25) is 10.0 Å². The molecule has 18 heavy (non-hydrogen) atoms. The number of benzene rings is 1. The molecule has 0 aliphatic carbocycles. The SMILES string of the molecule is O=C(O)CNS(=O)(=O)c1ccc(C=CCBr)cc1. The van der Waals surface area contributed by atoms with E-state index in [0.29, 0.717) is 5.33 Å². The van der Waals surface area contributed by atoms with Gasteiger partial charge in [0.15, 0.2) is 0 Å². The largest absolute Gasteiger partial charge is 0.480 e. The molecule has 0 amide bonds. The number of carboxylic acids is 1. The zero-order valence-corrected chi connectivity index (χ0v) is 11.7. The lowest BCUT2D eigenvalue weighted by Gasteiger charge is -2.04. The summed E-state index contributed by atoms with van der Waals surface area (Å²) in [6, 6.07) is 6.15. The smallest absolute Gasteiger partial charge is 0.318 e. The van der Waals surface area contributed by atoms with Gasteiger partial charge in [-0.05, 0) is 17.7 Å². The molecular weight excluding hydrogens is 322 g/mol. The zero-order chi connectivity index (χ0) is 13.6. The normalized spacial score (nSPS) is 11.8. The van der Waals surface area contributed by atoms with Gasteiger partial charge in [0.1, 0.15) is 6.54 Å². The van der Waals surface area contributed by atoms with Gasteiger partial charge in [-0.2, -0.15) is 4.72 Å². The van der Waals surface area contributed by atoms with Crippen LogP contribution in [0, 0.1) is 0 Å². The average molecular weight is 334 g/mol. The molecule has 1 rings (SSSR count). The Morgan fingerprint density at radius 2 is 1.94 bits per heavy atom. The Morgan fingerprint density at radius 3 is 2.44 bits per heavy atom. The van der Waals surface area contributed by atoms with Gasteiger partial charge in [-0.25, -0.2) is 8.42 Å². The summed E-state index contributed by atoms with van der Waals surface area (Å²) in [6.45, 7) is -0.631. The molecule has 0 aliphatic heterocycles. The standard InChI is InChI=1S/C11H12BrNO4S/c12-7-1-2-9-3-5-10(6-4-9)18(16,17)13-8-11(14)15/h1-6,13H,7-8H2,(H,14,15). The first-order valence-electron chi connectivity index (χ1n) is 5.00. The van der Waals surface area contributed by atoms with Crippen LogP contribution in [0.15, 0.2) is 35.2 Å². The molecule has 0 spiro atoms. The highest BCUT2D eigenvalue weighted by atomic mass is 79.9. The first kappa shape index (κ1) is 14.9. The Hall–Kier alpha value is -1.18. The van der Waals surface area contributed by atoms with Crippen LogP contribution in [0.25, 0.3) is 6.08 Å². The first-order valence-corrected chi connectivity index (χ1v) is 7.60. The lowest BCUT2D eigenvalue weighted by atomic mass is 10.2. The highest BCUT2D eigenvalue weighted by Gasteiger charge is 2.14. The number of allylic oxidation sites excluding steroid dienone is 1. The number of hydrogen-bond acceptors (Lipinski definition) is 3. The number of hydrogen-bond donors (Lipinski definition) is 2. The zero-order valence-electron chi connectivity index (χ0n) is 9.34. The molecule has 98 valence electrons. The molecular formula is C11H12BrNO4S. The van der Waals surface area contributed by atoms with Crippen molar-refractivity contribution in [3.05, 3.63) is 35.9 Å². The molecule has 0 radical (unpaired) electrons. The summed E-state index contributed by atoms with van der Waals surface area (Å²) in [6.07, 6.45) is 3.72. The molecule has 0 aromatic heterocycles. The quantitative estimate of drug-likeness (QED) is 0.772. The second-order valence-corrected chi connectivity index (χ2v) is 5.76. The summed E-state index contributed by atoms with van der Waals surface area (Å²) in [5.74, 6) is -1.23. The van der Waals surface area contributed by atoms with Crippen LogP contribution in [0.1, 0.15) is 5.56 Å². The fourth-order valence-electron chi connectivity index (χ4n) is 1.18. The molecule has 0 aliphatic rings. The number of halogens is 1. The van der Waals surface area contributed by atoms with Crippen molar-refractivity contribution in [2.45, 2.75) is 4.90 Å². The fraction of sp³-hybridized carbons (Fsp3) is 0.182. The number of rotatable bonds is 6. The minimum absolute atomic E-state index is 0.0414. The average Bonchev–Trinajstić information content (AvgIpc) is 2.34. The van der Waals surface area contributed by atoms with Crippen LogP contribution in [0.4, 0.5) is 0 Å². The molecule has 1 aromatic rings. The van der Waals surface area contributed by atoms with E-state index in [2.05, 4.69) is 15.9 Å². The fourth-order valence-corrected chi connectivity index (χ4v) is 2.34. The van der Waals surface area contributed by atoms with Gasteiger partial charge in [0.05, 0.1) is 4.90 Å². The van der Waals surface area contributed by atoms with Gasteiger partial charge in [-0.15, -0.1) is 0 Å². The maximum atomic E-state index is 11.7. The van der Waals surface area contributed by atoms with Crippen molar-refractivity contribution in [2.24, 2.45) is 0 Å². The second-order valence-electron chi connectivity index (χ2n) is 3.34. The van der Waals surface area contributed by atoms with Crippen LogP contribution in [0.3, 0.4) is 0 Å². The lowest BCUT2D eigenvalue weighted by molar-refractivity contribution is -0.135. The minimum Gasteiger partial charge on any atom is -0.480 e. The predicted octanol–water partition coefficient (Wildman–Crippen LogP) is 1.46. The Labute approximate surface area is 114 Å². The molecule has 0 heterocycles. The summed E-state index contributed by atoms with van der Waals surface area (Å²) in [4.78, 5) is 10.4. The van der Waals surface area contributed by atoms with Crippen LogP contribution in [0.2, 0.25) is 0 Å². The molecule has 1 aromatic carbocycles. The topological polar surface area (TPSA) is 83.5 Å². The Morgan fingerprint density at radius 1 is 1.33 bits per heavy atom. The van der Waals surface area contributed by atoms with Crippen LogP contribution in [-0.2, 0) is 14.8 Å². The van der Waals surface area contributed by atoms with Crippen molar-refractivity contribution in [1.82, 2.24) is 4.72 Å². The van der Waals surface area contributed by atoms with Gasteiger partial charge < -0.3 is 5.11 Å². The number of carboxylic acid groups (broad SMARTS) is 1. The van der Waals surface area contributed by atoms with Crippen molar-refractivity contribution in [3.63, 3.8) is 0 Å². The van der Waals surface area contributed by atoms with E-state index in [1.54, 1.807) is 12.1 Å². The third kappa shape index (κ3) is 4.59. The van der Waals surface area contributed by atoms with E-state index < -0.39 is 22.5 Å². The summed E-state index contributed by atoms with van der Waals surface area (Å²) in [5, 5.41) is 9.14. The molecule has 2 N–H and O–H groups in total. The molecule has 0 bridgehead atoms. The third-order valence-electron chi connectivity index (χ3n) is 2.00. The van der Waals surface area contributed by atoms with Gasteiger partial charge in [0.25, 0.3) is 0 Å². The molecule has 0 fully saturated rings. The van der Waals surface area contributed by atoms with Crippen molar-refractivity contribution in [1.29, 1.82) is 0 Å². The van der Waals surface area contributed by atoms with Crippen molar-refractivity contribution in [3.8, 4) is 0 Å². The summed E-state index contributed by atoms with van der Waals surface area (Å²) >= 11 is 3.24. The van der Waals surface area contributed by atoms with Gasteiger partial charge in [-0.1, -0.05) is 40.2 Å². The maximum Gasteiger partial charge on any atom is 0.318 e. The minimum atomic E-state index is -3.76. The maximum absolute atomic E-state index is 11.7. The molecule has 0 saturated heterocycles. The predicted molar refractivity (Wildman–Crippen MR) is 72.1 cm³/mol. The number of alkyl halides is 1. The molecule has 5 nitrogen and oxygen atoms in total. The Balaban J connectivity index is 2.84. The van der Waals surface area contributed by atoms with E-state index in [1.165, 1.54) is 12.1 Å². The van der Waals surface area contributed by atoms with Gasteiger partial charge >= 0.3 is 5.97 Å². The van der Waals surface area contributed by atoms with E-state index in [-0.39, 0.29) is 4.90 Å². The monoisotopic (exact) mass is 333 g/mol. The van der Waals surface area contributed by atoms with Crippen molar-refractivity contribution >= 4 is 38.0 Å². The molecule has 0 atom stereocenters. The van der Waals surface area contributed by atoms with Crippen molar-refractivity contribution in [2.75, 3.05) is 11.9 Å². The number of sulfonamides is 1. The molecule has 0 unspecified atom stereocenters. The van der Waals surface area contributed by atoms with Gasteiger partial charge in [-0.3, -0.25) is 4.79 Å². The van der Waals surface area contributed by atoms with Gasteiger partial charge in [0, 0.05) is 5.33 Å². The molecule has 7 heteroatoms. The number of nitrogens with one attached hydrogen (secondary N) is 1. The van der Waals surface area contributed by atoms with Crippen LogP contribution in [-0.4, -0.2) is 31.4 Å². The number of aliphatic carboxylic acids is 1. The van der Waals surface area contributed by atoms with E-state index in [1.807, 2.05) is 16.9 Å². The Kier molecular flexibility index (Phi) is 5.52. The Bertz CT molecular complexity index is 537. The summed E-state index contributed by atoms with van der Waals surface area (Å²) < 4.78 is 25.3. The summed E-state index contributed by atoms with van der Waals surface area (Å²) in [5.41, 5.74) is 0.867. The van der Waals surface area contributed by atoms with Crippen LogP contribution in [0.5, 0.6) is 0 Å². The van der Waals surface area contributed by atoms with E-state index >= 15 is 0 Å². The summed E-state index contributed by atoms with van der Waals surface area (Å²) in [7, 11) is -3.76. The third-order valence-corrected chi connectivity index (χ3v) is 3.79. The van der Waals surface area contributed by atoms with E-state index in [0.717, 1.165) is 5.56 Å². The highest BCUT2D eigenvalue weighted by Crippen LogP contribution is 2.11. The number of carbonyl (C=O) groups is 1. The lowest BCUT2D eigenvalue weighted by Crippen LogP contribution is -2.29. The van der Waals surface area contributed by atoms with Crippen LogP contribution < -0.4 is 4.72 Å². The highest BCUT2D eigenvalue weighted by molar-refractivity contribution is 9.09. The van der Waals surface area contributed by atoms with Crippen molar-refractivity contribution < 1.29 is 18.3 Å². The van der Waals surface area contributed by atoms with E-state index in [4.69, 9.17) is 5.11 Å². The van der Waals surface area contributed by atoms with Crippen LogP contribution >= 0.6 is 15.9 Å². The first-order chi connectivity index (χ1) is 8.45. The molecule has 0 saturated carbocycles. The van der Waals surface area contributed by atoms with E-state index in [9.17, 15) is 13.2 Å².